The smallest absolute Gasteiger partial charge is 0.309 e. The summed E-state index contributed by atoms with van der Waals surface area (Å²) in [5.41, 5.74) is 0.894. The first-order valence-corrected chi connectivity index (χ1v) is 8.92. The molecule has 0 spiro atoms. The van der Waals surface area contributed by atoms with Gasteiger partial charge >= 0.3 is 5.97 Å². The predicted molar refractivity (Wildman–Crippen MR) is 85.7 cm³/mol. The number of carboxylic acids is 1. The zero-order valence-corrected chi connectivity index (χ0v) is 13.8. The topological polar surface area (TPSA) is 40.5 Å². The number of piperidine rings is 1. The molecular formula is C17H25NO2S. The fourth-order valence-corrected chi connectivity index (χ4v) is 4.88. The molecule has 2 heterocycles. The Morgan fingerprint density at radius 2 is 2.19 bits per heavy atom. The number of carbonyl (C=O) groups is 1. The Hall–Kier alpha value is -0.870. The number of carboxylic acid groups (broad SMARTS) is 1. The molecule has 0 aromatic carbocycles. The summed E-state index contributed by atoms with van der Waals surface area (Å²) >= 11 is 1.88. The molecule has 1 fully saturated rings. The van der Waals surface area contributed by atoms with Crippen LogP contribution in [0.3, 0.4) is 0 Å². The summed E-state index contributed by atoms with van der Waals surface area (Å²) < 4.78 is 0. The van der Waals surface area contributed by atoms with Crippen molar-refractivity contribution < 1.29 is 9.90 Å². The minimum atomic E-state index is -0.658. The van der Waals surface area contributed by atoms with Crippen LogP contribution < -0.4 is 0 Å². The van der Waals surface area contributed by atoms with Crippen LogP contribution in [0.5, 0.6) is 0 Å². The van der Waals surface area contributed by atoms with E-state index in [1.54, 1.807) is 4.88 Å². The molecule has 21 heavy (non-hydrogen) atoms. The third kappa shape index (κ3) is 2.76. The summed E-state index contributed by atoms with van der Waals surface area (Å²) in [6, 6.07) is 2.81. The first-order chi connectivity index (χ1) is 10.00. The van der Waals surface area contributed by atoms with Gasteiger partial charge < -0.3 is 5.11 Å². The van der Waals surface area contributed by atoms with Crippen molar-refractivity contribution in [2.75, 3.05) is 13.1 Å². The Bertz CT molecular complexity index is 523. The number of rotatable bonds is 3. The van der Waals surface area contributed by atoms with Gasteiger partial charge in [0.25, 0.3) is 0 Å². The van der Waals surface area contributed by atoms with Crippen LogP contribution in [0.2, 0.25) is 0 Å². The first-order valence-electron chi connectivity index (χ1n) is 8.04. The molecule has 3 nitrogen and oxygen atoms in total. The molecule has 0 radical (unpaired) electrons. The lowest BCUT2D eigenvalue weighted by atomic mass is 9.74. The maximum absolute atomic E-state index is 11.5. The van der Waals surface area contributed by atoms with Gasteiger partial charge in [0.05, 0.1) is 5.41 Å². The fraction of sp³-hybridized carbons (Fsp3) is 0.706. The van der Waals surface area contributed by atoms with E-state index in [4.69, 9.17) is 0 Å². The van der Waals surface area contributed by atoms with Gasteiger partial charge in [0.2, 0.25) is 0 Å². The van der Waals surface area contributed by atoms with Crippen LogP contribution in [0.4, 0.5) is 0 Å². The highest BCUT2D eigenvalue weighted by Crippen LogP contribution is 2.41. The van der Waals surface area contributed by atoms with E-state index in [-0.39, 0.29) is 5.92 Å². The molecular weight excluding hydrogens is 282 g/mol. The summed E-state index contributed by atoms with van der Waals surface area (Å²) in [6.07, 6.45) is 5.88. The van der Waals surface area contributed by atoms with Crippen LogP contribution in [0.25, 0.3) is 0 Å². The molecule has 0 amide bonds. The quantitative estimate of drug-likeness (QED) is 0.919. The molecule has 1 saturated heterocycles. The molecule has 2 atom stereocenters. The van der Waals surface area contributed by atoms with Crippen LogP contribution in [-0.2, 0) is 11.2 Å². The maximum atomic E-state index is 11.5. The molecule has 1 aliphatic heterocycles. The molecule has 1 aliphatic carbocycles. The van der Waals surface area contributed by atoms with Crippen molar-refractivity contribution in [2.45, 2.75) is 52.0 Å². The largest absolute Gasteiger partial charge is 0.481 e. The number of thiophene rings is 1. The Morgan fingerprint density at radius 3 is 2.95 bits per heavy atom. The highest BCUT2D eigenvalue weighted by molar-refractivity contribution is 7.10. The third-order valence-electron chi connectivity index (χ3n) is 5.49. The number of fused-ring (bicyclic) bond motifs is 1. The molecule has 2 unspecified atom stereocenters. The number of hydrogen-bond acceptors (Lipinski definition) is 3. The fourth-order valence-electron chi connectivity index (χ4n) is 3.89. The highest BCUT2D eigenvalue weighted by Gasteiger charge is 2.41. The van der Waals surface area contributed by atoms with Gasteiger partial charge in [0.15, 0.2) is 0 Å². The number of hydrogen-bond donors (Lipinski definition) is 1. The van der Waals surface area contributed by atoms with Gasteiger partial charge in [0, 0.05) is 17.5 Å². The van der Waals surface area contributed by atoms with Crippen molar-refractivity contribution in [2.24, 2.45) is 11.3 Å². The van der Waals surface area contributed by atoms with Gasteiger partial charge in [-0.2, -0.15) is 0 Å². The monoisotopic (exact) mass is 307 g/mol. The Kier molecular flexibility index (Phi) is 4.10. The van der Waals surface area contributed by atoms with E-state index in [2.05, 4.69) is 16.3 Å². The molecule has 116 valence electrons. The first kappa shape index (κ1) is 15.0. The second-order valence-electron chi connectivity index (χ2n) is 7.07. The van der Waals surface area contributed by atoms with Crippen molar-refractivity contribution in [1.29, 1.82) is 0 Å². The van der Waals surface area contributed by atoms with Crippen LogP contribution in [0, 0.1) is 11.3 Å². The zero-order chi connectivity index (χ0) is 15.0. The summed E-state index contributed by atoms with van der Waals surface area (Å²) in [4.78, 5) is 15.6. The Balaban J connectivity index is 1.77. The van der Waals surface area contributed by atoms with Gasteiger partial charge in [-0.25, -0.2) is 0 Å². The molecule has 1 aromatic rings. The van der Waals surface area contributed by atoms with Crippen LogP contribution in [0.15, 0.2) is 11.4 Å². The standard InChI is InChI=1S/C17H25NO2S/c1-17(2,16(19)20)12-5-4-9-18(11-12)14-6-3-7-15-13(14)8-10-21-15/h8,10,12,14H,3-7,9,11H2,1-2H3,(H,19,20). The predicted octanol–water partition coefficient (Wildman–Crippen LogP) is 3.95. The number of aliphatic carboxylic acids is 1. The second kappa shape index (κ2) is 5.73. The number of aryl methyl sites for hydroxylation is 1. The van der Waals surface area contributed by atoms with Crippen LogP contribution in [-0.4, -0.2) is 29.1 Å². The van der Waals surface area contributed by atoms with Crippen molar-refractivity contribution in [3.05, 3.63) is 21.9 Å². The third-order valence-corrected chi connectivity index (χ3v) is 6.48. The minimum absolute atomic E-state index is 0.257. The average Bonchev–Trinajstić information content (AvgIpc) is 2.95. The summed E-state index contributed by atoms with van der Waals surface area (Å²) in [7, 11) is 0. The summed E-state index contributed by atoms with van der Waals surface area (Å²) in [5.74, 6) is -0.401. The van der Waals surface area contributed by atoms with Crippen molar-refractivity contribution in [3.63, 3.8) is 0 Å². The minimum Gasteiger partial charge on any atom is -0.481 e. The van der Waals surface area contributed by atoms with Crippen LogP contribution >= 0.6 is 11.3 Å². The average molecular weight is 307 g/mol. The van der Waals surface area contributed by atoms with E-state index < -0.39 is 11.4 Å². The lowest BCUT2D eigenvalue weighted by Gasteiger charge is -2.43. The van der Waals surface area contributed by atoms with E-state index in [0.717, 1.165) is 25.9 Å². The molecule has 1 aromatic heterocycles. The van der Waals surface area contributed by atoms with Crippen molar-refractivity contribution >= 4 is 17.3 Å². The molecule has 3 rings (SSSR count). The zero-order valence-electron chi connectivity index (χ0n) is 13.0. The Morgan fingerprint density at radius 1 is 1.38 bits per heavy atom. The van der Waals surface area contributed by atoms with Crippen LogP contribution in [0.1, 0.15) is 56.0 Å². The Labute approximate surface area is 131 Å². The van der Waals surface area contributed by atoms with E-state index >= 15 is 0 Å². The lowest BCUT2D eigenvalue weighted by Crippen LogP contribution is -2.46. The molecule has 2 aliphatic rings. The van der Waals surface area contributed by atoms with Gasteiger partial charge in [-0.3, -0.25) is 9.69 Å². The van der Waals surface area contributed by atoms with Gasteiger partial charge in [-0.05, 0) is 75.4 Å². The maximum Gasteiger partial charge on any atom is 0.309 e. The highest BCUT2D eigenvalue weighted by atomic mass is 32.1. The van der Waals surface area contributed by atoms with E-state index in [9.17, 15) is 9.90 Å². The number of nitrogens with zero attached hydrogens (tertiary/aromatic N) is 1. The van der Waals surface area contributed by atoms with Crippen molar-refractivity contribution in [1.82, 2.24) is 4.90 Å². The summed E-state index contributed by atoms with van der Waals surface area (Å²) in [6.45, 7) is 5.83. The van der Waals surface area contributed by atoms with E-state index in [1.165, 1.54) is 24.8 Å². The van der Waals surface area contributed by atoms with Gasteiger partial charge in [-0.15, -0.1) is 11.3 Å². The van der Waals surface area contributed by atoms with Gasteiger partial charge in [0.1, 0.15) is 0 Å². The second-order valence-corrected chi connectivity index (χ2v) is 8.07. The SMILES string of the molecule is CC(C)(C(=O)O)C1CCCN(C2CCCc3sccc32)C1. The van der Waals surface area contributed by atoms with E-state index in [0.29, 0.717) is 6.04 Å². The molecule has 1 N–H and O–H groups in total. The lowest BCUT2D eigenvalue weighted by molar-refractivity contribution is -0.151. The number of likely N-dealkylation sites (tertiary alicyclic amines) is 1. The normalized spacial score (nSPS) is 27.3. The van der Waals surface area contributed by atoms with E-state index in [1.807, 2.05) is 25.2 Å². The molecule has 0 bridgehead atoms. The summed E-state index contributed by atoms with van der Waals surface area (Å²) in [5, 5.41) is 11.7. The van der Waals surface area contributed by atoms with Crippen molar-refractivity contribution in [3.8, 4) is 0 Å². The molecule has 0 saturated carbocycles. The molecule has 4 heteroatoms. The van der Waals surface area contributed by atoms with Gasteiger partial charge in [-0.1, -0.05) is 0 Å².